The number of carbonyl (C=O) groups is 2. The highest BCUT2D eigenvalue weighted by molar-refractivity contribution is 8.00. The predicted octanol–water partition coefficient (Wildman–Crippen LogP) is 6.30. The minimum Gasteiger partial charge on any atom is -0.326 e. The fraction of sp³-hybridized carbons (Fsp3) is 0.167. The van der Waals surface area contributed by atoms with E-state index in [0.717, 1.165) is 29.0 Å². The number of hydrogen-bond acceptors (Lipinski definition) is 3. The summed E-state index contributed by atoms with van der Waals surface area (Å²) in [6.45, 7) is 0. The van der Waals surface area contributed by atoms with E-state index in [1.807, 2.05) is 54.6 Å². The highest BCUT2D eigenvalue weighted by Gasteiger charge is 2.29. The molecule has 0 saturated heterocycles. The third-order valence-electron chi connectivity index (χ3n) is 4.85. The third kappa shape index (κ3) is 5.66. The van der Waals surface area contributed by atoms with Crippen molar-refractivity contribution in [3.8, 4) is 0 Å². The second-order valence-corrected chi connectivity index (χ2v) is 8.90. The Morgan fingerprint density at radius 3 is 2.26 bits per heavy atom. The summed E-state index contributed by atoms with van der Waals surface area (Å²) in [4.78, 5) is 25.9. The number of thioether (sulfide) groups is 1. The highest BCUT2D eigenvalue weighted by Crippen LogP contribution is 2.37. The van der Waals surface area contributed by atoms with E-state index in [1.54, 1.807) is 0 Å². The van der Waals surface area contributed by atoms with Crippen LogP contribution in [-0.4, -0.2) is 11.8 Å². The van der Waals surface area contributed by atoms with Gasteiger partial charge in [0.05, 0.1) is 5.02 Å². The minimum atomic E-state index is -0.539. The van der Waals surface area contributed by atoms with Crippen LogP contribution < -0.4 is 10.6 Å². The van der Waals surface area contributed by atoms with E-state index in [1.165, 1.54) is 30.0 Å². The molecule has 4 nitrogen and oxygen atoms in total. The van der Waals surface area contributed by atoms with Gasteiger partial charge in [0.2, 0.25) is 11.8 Å². The fourth-order valence-electron chi connectivity index (χ4n) is 3.03. The summed E-state index contributed by atoms with van der Waals surface area (Å²) in [5.74, 6) is -0.590. The molecule has 3 aromatic rings. The van der Waals surface area contributed by atoms with Crippen molar-refractivity contribution in [3.63, 3.8) is 0 Å². The molecule has 0 bridgehead atoms. The van der Waals surface area contributed by atoms with E-state index < -0.39 is 11.1 Å². The van der Waals surface area contributed by atoms with Crippen LogP contribution in [0.3, 0.4) is 0 Å². The van der Waals surface area contributed by atoms with Gasteiger partial charge in [0, 0.05) is 22.2 Å². The van der Waals surface area contributed by atoms with Crippen LogP contribution in [0.15, 0.2) is 77.7 Å². The van der Waals surface area contributed by atoms with Crippen molar-refractivity contribution in [2.75, 3.05) is 10.6 Å². The van der Waals surface area contributed by atoms with Gasteiger partial charge in [0.1, 0.15) is 11.1 Å². The molecule has 7 heteroatoms. The van der Waals surface area contributed by atoms with Crippen LogP contribution in [0.2, 0.25) is 5.02 Å². The first-order valence-corrected chi connectivity index (χ1v) is 11.1. The van der Waals surface area contributed by atoms with E-state index in [0.29, 0.717) is 5.69 Å². The van der Waals surface area contributed by atoms with Gasteiger partial charge in [0.15, 0.2) is 0 Å². The predicted molar refractivity (Wildman–Crippen MR) is 123 cm³/mol. The Labute approximate surface area is 189 Å². The Bertz CT molecular complexity index is 1090. The second-order valence-electron chi connectivity index (χ2n) is 7.31. The number of benzene rings is 3. The topological polar surface area (TPSA) is 58.2 Å². The van der Waals surface area contributed by atoms with E-state index in [4.69, 9.17) is 11.6 Å². The van der Waals surface area contributed by atoms with E-state index >= 15 is 0 Å². The van der Waals surface area contributed by atoms with Crippen LogP contribution >= 0.6 is 23.4 Å². The normalized spacial score (nSPS) is 14.0. The Morgan fingerprint density at radius 2 is 1.61 bits per heavy atom. The number of anilines is 2. The molecule has 3 aromatic carbocycles. The molecule has 0 radical (unpaired) electrons. The van der Waals surface area contributed by atoms with Crippen molar-refractivity contribution in [3.05, 3.63) is 89.2 Å². The molecule has 31 heavy (non-hydrogen) atoms. The van der Waals surface area contributed by atoms with Gasteiger partial charge in [-0.1, -0.05) is 41.9 Å². The Morgan fingerprint density at radius 1 is 0.935 bits per heavy atom. The lowest BCUT2D eigenvalue weighted by Gasteiger charge is -2.17. The summed E-state index contributed by atoms with van der Waals surface area (Å²) in [6.07, 6.45) is 1.90. The Hall–Kier alpha value is -2.83. The average Bonchev–Trinajstić information content (AvgIpc) is 3.62. The number of hydrogen-bond donors (Lipinski definition) is 2. The zero-order valence-electron chi connectivity index (χ0n) is 16.5. The molecule has 2 amide bonds. The number of carbonyl (C=O) groups excluding carboxylic acids is 2. The molecule has 1 saturated carbocycles. The zero-order valence-corrected chi connectivity index (χ0v) is 18.1. The van der Waals surface area contributed by atoms with E-state index in [2.05, 4.69) is 10.6 Å². The van der Waals surface area contributed by atoms with Gasteiger partial charge in [0.25, 0.3) is 0 Å². The molecule has 1 fully saturated rings. The van der Waals surface area contributed by atoms with Gasteiger partial charge in [-0.25, -0.2) is 4.39 Å². The van der Waals surface area contributed by atoms with Crippen LogP contribution in [0.1, 0.15) is 23.7 Å². The molecule has 0 aliphatic heterocycles. The van der Waals surface area contributed by atoms with Gasteiger partial charge in [-0.2, -0.15) is 0 Å². The molecular weight excluding hydrogens is 435 g/mol. The first-order valence-electron chi connectivity index (χ1n) is 9.88. The maximum absolute atomic E-state index is 13.4. The molecule has 158 valence electrons. The first-order chi connectivity index (χ1) is 15.0. The van der Waals surface area contributed by atoms with Gasteiger partial charge in [-0.15, -0.1) is 11.8 Å². The third-order valence-corrected chi connectivity index (χ3v) is 6.41. The minimum absolute atomic E-state index is 0.0504. The first kappa shape index (κ1) is 21.4. The van der Waals surface area contributed by atoms with E-state index in [-0.39, 0.29) is 22.8 Å². The molecule has 1 aliphatic rings. The number of amides is 2. The smallest absolute Gasteiger partial charge is 0.242 e. The number of rotatable bonds is 7. The molecule has 4 rings (SSSR count). The number of halogens is 2. The van der Waals surface area contributed by atoms with Crippen molar-refractivity contribution < 1.29 is 14.0 Å². The standard InChI is InChI=1S/C24H20ClFN2O2S/c25-20-14-18(10-13-21(20)26)28-24(30)22(15-4-2-1-3-5-15)31-19-11-8-17(9-12-19)27-23(29)16-6-7-16/h1-5,8-14,16,22H,6-7H2,(H,27,29)(H,28,30). The van der Waals surface area contributed by atoms with Crippen molar-refractivity contribution in [1.29, 1.82) is 0 Å². The zero-order chi connectivity index (χ0) is 21.8. The molecule has 0 aromatic heterocycles. The largest absolute Gasteiger partial charge is 0.326 e. The summed E-state index contributed by atoms with van der Waals surface area (Å²) in [7, 11) is 0. The Balaban J connectivity index is 1.50. The lowest BCUT2D eigenvalue weighted by atomic mass is 10.1. The molecule has 1 aliphatic carbocycles. The molecule has 1 atom stereocenters. The maximum atomic E-state index is 13.4. The lowest BCUT2D eigenvalue weighted by Crippen LogP contribution is -2.19. The summed E-state index contributed by atoms with van der Waals surface area (Å²) >= 11 is 7.23. The van der Waals surface area contributed by atoms with Crippen LogP contribution in [0, 0.1) is 11.7 Å². The van der Waals surface area contributed by atoms with Crippen molar-refractivity contribution in [2.45, 2.75) is 23.0 Å². The highest BCUT2D eigenvalue weighted by atomic mass is 35.5. The maximum Gasteiger partial charge on any atom is 0.242 e. The van der Waals surface area contributed by atoms with Crippen molar-refractivity contribution >= 4 is 46.6 Å². The molecule has 1 unspecified atom stereocenters. The Kier molecular flexibility index (Phi) is 6.59. The SMILES string of the molecule is O=C(Nc1ccc(SC(C(=O)Nc2ccc(F)c(Cl)c2)c2ccccc2)cc1)C1CC1. The van der Waals surface area contributed by atoms with Gasteiger partial charge < -0.3 is 10.6 Å². The number of nitrogens with one attached hydrogen (secondary N) is 2. The van der Waals surface area contributed by atoms with Crippen LogP contribution in [0.25, 0.3) is 0 Å². The van der Waals surface area contributed by atoms with Crippen molar-refractivity contribution in [1.82, 2.24) is 0 Å². The van der Waals surface area contributed by atoms with Crippen LogP contribution in [-0.2, 0) is 9.59 Å². The summed E-state index contributed by atoms with van der Waals surface area (Å²) < 4.78 is 13.4. The molecule has 0 heterocycles. The molecule has 0 spiro atoms. The van der Waals surface area contributed by atoms with Gasteiger partial charge in [-0.3, -0.25) is 9.59 Å². The summed E-state index contributed by atoms with van der Waals surface area (Å²) in [6, 6.07) is 20.9. The summed E-state index contributed by atoms with van der Waals surface area (Å²) in [5.41, 5.74) is 2.00. The van der Waals surface area contributed by atoms with Crippen LogP contribution in [0.4, 0.5) is 15.8 Å². The van der Waals surface area contributed by atoms with Crippen LogP contribution in [0.5, 0.6) is 0 Å². The lowest BCUT2D eigenvalue weighted by molar-refractivity contribution is -0.117. The van der Waals surface area contributed by atoms with Gasteiger partial charge >= 0.3 is 0 Å². The second kappa shape index (κ2) is 9.54. The van der Waals surface area contributed by atoms with Crippen molar-refractivity contribution in [2.24, 2.45) is 5.92 Å². The summed E-state index contributed by atoms with van der Waals surface area (Å²) in [5, 5.41) is 5.15. The quantitative estimate of drug-likeness (QED) is 0.412. The molecule has 2 N–H and O–H groups in total. The fourth-order valence-corrected chi connectivity index (χ4v) is 4.23. The molecular formula is C24H20ClFN2O2S. The monoisotopic (exact) mass is 454 g/mol. The van der Waals surface area contributed by atoms with Gasteiger partial charge in [-0.05, 0) is 60.9 Å². The van der Waals surface area contributed by atoms with E-state index in [9.17, 15) is 14.0 Å². The average molecular weight is 455 g/mol.